The summed E-state index contributed by atoms with van der Waals surface area (Å²) >= 11 is 0. The molecule has 16 heavy (non-hydrogen) atoms. The molecule has 1 aromatic rings. The van der Waals surface area contributed by atoms with Crippen LogP contribution in [0.5, 0.6) is 0 Å². The van der Waals surface area contributed by atoms with Crippen molar-refractivity contribution in [3.63, 3.8) is 0 Å². The molecule has 0 spiro atoms. The molecular formula is C13H15FN2. The molecule has 1 aliphatic heterocycles. The summed E-state index contributed by atoms with van der Waals surface area (Å²) < 4.78 is 13.1. The number of hydrogen-bond donors (Lipinski definition) is 1. The molecule has 1 fully saturated rings. The molecule has 1 aliphatic carbocycles. The lowest BCUT2D eigenvalue weighted by atomic mass is 10.1. The third kappa shape index (κ3) is 1.27. The molecular weight excluding hydrogens is 203 g/mol. The minimum absolute atomic E-state index is 0.250. The van der Waals surface area contributed by atoms with E-state index in [2.05, 4.69) is 18.7 Å². The standard InChI is InChI=1S/C13H15FN2/c1-13(2)6-11(13)16-7-8-3-4-9(14)5-10(8)12(16)15/h3-5,11,15H,6-7H2,1-2H3. The van der Waals surface area contributed by atoms with Crippen molar-refractivity contribution in [1.29, 1.82) is 5.41 Å². The van der Waals surface area contributed by atoms with E-state index in [-0.39, 0.29) is 5.82 Å². The molecule has 0 radical (unpaired) electrons. The molecule has 1 atom stereocenters. The van der Waals surface area contributed by atoms with Gasteiger partial charge in [-0.05, 0) is 29.5 Å². The molecule has 2 nitrogen and oxygen atoms in total. The monoisotopic (exact) mass is 218 g/mol. The van der Waals surface area contributed by atoms with Crippen molar-refractivity contribution in [2.24, 2.45) is 5.41 Å². The Kier molecular flexibility index (Phi) is 1.74. The highest BCUT2D eigenvalue weighted by atomic mass is 19.1. The topological polar surface area (TPSA) is 27.1 Å². The van der Waals surface area contributed by atoms with Crippen molar-refractivity contribution >= 4 is 5.84 Å². The zero-order valence-corrected chi connectivity index (χ0v) is 9.55. The summed E-state index contributed by atoms with van der Waals surface area (Å²) in [5.41, 5.74) is 2.16. The molecule has 1 aromatic carbocycles. The van der Waals surface area contributed by atoms with E-state index in [1.54, 1.807) is 6.07 Å². The van der Waals surface area contributed by atoms with E-state index >= 15 is 0 Å². The van der Waals surface area contributed by atoms with Crippen LogP contribution in [0.4, 0.5) is 4.39 Å². The second kappa shape index (κ2) is 2.84. The largest absolute Gasteiger partial charge is 0.349 e. The van der Waals surface area contributed by atoms with Crippen molar-refractivity contribution in [3.05, 3.63) is 35.1 Å². The van der Waals surface area contributed by atoms with E-state index in [0.29, 0.717) is 17.3 Å². The van der Waals surface area contributed by atoms with Crippen LogP contribution in [0.1, 0.15) is 31.4 Å². The normalized spacial score (nSPS) is 25.8. The van der Waals surface area contributed by atoms with Gasteiger partial charge in [-0.25, -0.2) is 4.39 Å². The van der Waals surface area contributed by atoms with Crippen molar-refractivity contribution < 1.29 is 4.39 Å². The van der Waals surface area contributed by atoms with Crippen molar-refractivity contribution in [2.75, 3.05) is 0 Å². The lowest BCUT2D eigenvalue weighted by Gasteiger charge is -2.19. The smallest absolute Gasteiger partial charge is 0.129 e. The Morgan fingerprint density at radius 3 is 2.75 bits per heavy atom. The van der Waals surface area contributed by atoms with Gasteiger partial charge in [0, 0.05) is 18.2 Å². The second-order valence-electron chi connectivity index (χ2n) is 5.49. The van der Waals surface area contributed by atoms with E-state index in [4.69, 9.17) is 5.41 Å². The molecule has 1 N–H and O–H groups in total. The first kappa shape index (κ1) is 9.82. The first-order valence-electron chi connectivity index (χ1n) is 5.63. The summed E-state index contributed by atoms with van der Waals surface area (Å²) in [5.74, 6) is 0.241. The second-order valence-corrected chi connectivity index (χ2v) is 5.49. The molecule has 0 amide bonds. The molecule has 0 saturated heterocycles. The Morgan fingerprint density at radius 1 is 1.44 bits per heavy atom. The number of amidine groups is 1. The Balaban J connectivity index is 1.93. The van der Waals surface area contributed by atoms with Crippen LogP contribution >= 0.6 is 0 Å². The van der Waals surface area contributed by atoms with Gasteiger partial charge < -0.3 is 4.90 Å². The third-order valence-corrected chi connectivity index (χ3v) is 3.79. The fraction of sp³-hybridized carbons (Fsp3) is 0.462. The average Bonchev–Trinajstić information content (AvgIpc) is 2.72. The van der Waals surface area contributed by atoms with Gasteiger partial charge >= 0.3 is 0 Å². The van der Waals surface area contributed by atoms with Crippen LogP contribution in [0.25, 0.3) is 0 Å². The number of hydrogen-bond acceptors (Lipinski definition) is 1. The molecule has 3 rings (SSSR count). The minimum atomic E-state index is -0.250. The number of rotatable bonds is 1. The van der Waals surface area contributed by atoms with Gasteiger partial charge in [0.1, 0.15) is 11.7 Å². The maximum absolute atomic E-state index is 13.1. The molecule has 0 bridgehead atoms. The molecule has 2 aliphatic rings. The fourth-order valence-corrected chi connectivity index (χ4v) is 2.56. The van der Waals surface area contributed by atoms with Crippen LogP contribution < -0.4 is 0 Å². The first-order chi connectivity index (χ1) is 7.49. The fourth-order valence-electron chi connectivity index (χ4n) is 2.56. The van der Waals surface area contributed by atoms with Gasteiger partial charge in [0.25, 0.3) is 0 Å². The number of nitrogens with one attached hydrogen (secondary N) is 1. The van der Waals surface area contributed by atoms with Crippen LogP contribution in [0.15, 0.2) is 18.2 Å². The summed E-state index contributed by atoms with van der Waals surface area (Å²) in [6.45, 7) is 5.20. The molecule has 1 saturated carbocycles. The summed E-state index contributed by atoms with van der Waals surface area (Å²) in [4.78, 5) is 2.10. The van der Waals surface area contributed by atoms with Crippen LogP contribution in [0.2, 0.25) is 0 Å². The number of benzene rings is 1. The van der Waals surface area contributed by atoms with Crippen LogP contribution in [0, 0.1) is 16.6 Å². The number of nitrogens with zero attached hydrogens (tertiary/aromatic N) is 1. The summed E-state index contributed by atoms with van der Waals surface area (Å²) in [6.07, 6.45) is 1.13. The Hall–Kier alpha value is -1.38. The zero-order valence-electron chi connectivity index (χ0n) is 9.55. The van der Waals surface area contributed by atoms with Crippen molar-refractivity contribution in [2.45, 2.75) is 32.9 Å². The van der Waals surface area contributed by atoms with E-state index in [1.165, 1.54) is 12.1 Å². The van der Waals surface area contributed by atoms with E-state index in [1.807, 2.05) is 0 Å². The van der Waals surface area contributed by atoms with Gasteiger partial charge in [-0.3, -0.25) is 5.41 Å². The van der Waals surface area contributed by atoms with Gasteiger partial charge in [0.2, 0.25) is 0 Å². The van der Waals surface area contributed by atoms with Crippen LogP contribution in [-0.2, 0) is 6.54 Å². The van der Waals surface area contributed by atoms with E-state index < -0.39 is 0 Å². The van der Waals surface area contributed by atoms with Crippen LogP contribution in [0.3, 0.4) is 0 Å². The average molecular weight is 218 g/mol. The van der Waals surface area contributed by atoms with Crippen molar-refractivity contribution in [1.82, 2.24) is 4.90 Å². The Morgan fingerprint density at radius 2 is 2.12 bits per heavy atom. The SMILES string of the molecule is CC1(C)CC1N1Cc2ccc(F)cc2C1=N. The predicted molar refractivity (Wildman–Crippen MR) is 61.0 cm³/mol. The van der Waals surface area contributed by atoms with Gasteiger partial charge in [-0.15, -0.1) is 0 Å². The van der Waals surface area contributed by atoms with Crippen LogP contribution in [-0.4, -0.2) is 16.8 Å². The third-order valence-electron chi connectivity index (χ3n) is 3.79. The predicted octanol–water partition coefficient (Wildman–Crippen LogP) is 2.77. The highest BCUT2D eigenvalue weighted by molar-refractivity contribution is 6.00. The highest BCUT2D eigenvalue weighted by Crippen LogP contribution is 2.50. The van der Waals surface area contributed by atoms with E-state index in [0.717, 1.165) is 24.1 Å². The quantitative estimate of drug-likeness (QED) is 0.771. The van der Waals surface area contributed by atoms with Crippen molar-refractivity contribution in [3.8, 4) is 0 Å². The molecule has 1 heterocycles. The lowest BCUT2D eigenvalue weighted by molar-refractivity contribution is 0.364. The molecule has 3 heteroatoms. The molecule has 1 unspecified atom stereocenters. The summed E-state index contributed by atoms with van der Waals surface area (Å²) in [6, 6.07) is 5.21. The maximum Gasteiger partial charge on any atom is 0.129 e. The molecule has 0 aromatic heterocycles. The highest BCUT2D eigenvalue weighted by Gasteiger charge is 2.51. The summed E-state index contributed by atoms with van der Waals surface area (Å²) in [7, 11) is 0. The molecule has 84 valence electrons. The first-order valence-corrected chi connectivity index (χ1v) is 5.63. The number of halogens is 1. The van der Waals surface area contributed by atoms with Gasteiger partial charge in [-0.1, -0.05) is 19.9 Å². The number of fused-ring (bicyclic) bond motifs is 1. The maximum atomic E-state index is 13.1. The minimum Gasteiger partial charge on any atom is -0.349 e. The Labute approximate surface area is 94.6 Å². The zero-order chi connectivity index (χ0) is 11.5. The summed E-state index contributed by atoms with van der Waals surface area (Å²) in [5, 5.41) is 8.09. The van der Waals surface area contributed by atoms with Gasteiger partial charge in [-0.2, -0.15) is 0 Å². The van der Waals surface area contributed by atoms with E-state index in [9.17, 15) is 4.39 Å². The Bertz CT molecular complexity index is 479. The van der Waals surface area contributed by atoms with Gasteiger partial charge in [0.05, 0.1) is 0 Å². The van der Waals surface area contributed by atoms with Gasteiger partial charge in [0.15, 0.2) is 0 Å². The lowest BCUT2D eigenvalue weighted by Crippen LogP contribution is -2.29.